The maximum atomic E-state index is 6.05. The second-order valence-corrected chi connectivity index (χ2v) is 6.57. The Morgan fingerprint density at radius 3 is 2.07 bits per heavy atom. The molecule has 2 nitrogen and oxygen atoms in total. The standard InChI is InChI=1S/C13H28N2/c1-11(2)13(5)6-8-15(9-7-13)10-12(3,4)14/h11H,6-10,14H2,1-5H3. The van der Waals surface area contributed by atoms with Gasteiger partial charge in [0.1, 0.15) is 0 Å². The van der Waals surface area contributed by atoms with Crippen LogP contribution < -0.4 is 5.73 Å². The first kappa shape index (κ1) is 13.0. The minimum atomic E-state index is -0.0500. The van der Waals surface area contributed by atoms with E-state index in [-0.39, 0.29) is 5.54 Å². The molecule has 0 atom stereocenters. The van der Waals surface area contributed by atoms with E-state index in [1.54, 1.807) is 0 Å². The molecule has 0 saturated carbocycles. The summed E-state index contributed by atoms with van der Waals surface area (Å²) in [5, 5.41) is 0. The maximum absolute atomic E-state index is 6.05. The van der Waals surface area contributed by atoms with Crippen molar-refractivity contribution in [1.29, 1.82) is 0 Å². The van der Waals surface area contributed by atoms with Crippen LogP contribution in [0.5, 0.6) is 0 Å². The van der Waals surface area contributed by atoms with Gasteiger partial charge in [-0.1, -0.05) is 20.8 Å². The van der Waals surface area contributed by atoms with Crippen molar-refractivity contribution in [2.75, 3.05) is 19.6 Å². The molecule has 15 heavy (non-hydrogen) atoms. The predicted molar refractivity (Wildman–Crippen MR) is 66.9 cm³/mol. The van der Waals surface area contributed by atoms with Crippen molar-refractivity contribution in [3.05, 3.63) is 0 Å². The molecule has 0 aromatic carbocycles. The van der Waals surface area contributed by atoms with Gasteiger partial charge in [0.05, 0.1) is 0 Å². The topological polar surface area (TPSA) is 29.3 Å². The highest BCUT2D eigenvalue weighted by Crippen LogP contribution is 2.38. The van der Waals surface area contributed by atoms with E-state index in [0.717, 1.165) is 12.5 Å². The Hall–Kier alpha value is -0.0800. The van der Waals surface area contributed by atoms with E-state index in [9.17, 15) is 0 Å². The molecule has 1 rings (SSSR count). The molecule has 1 fully saturated rings. The van der Waals surface area contributed by atoms with E-state index in [1.165, 1.54) is 25.9 Å². The SMILES string of the molecule is CC(C)C1(C)CCN(CC(C)(C)N)CC1. The zero-order valence-electron chi connectivity index (χ0n) is 11.1. The van der Waals surface area contributed by atoms with Gasteiger partial charge in [0.25, 0.3) is 0 Å². The summed E-state index contributed by atoms with van der Waals surface area (Å²) in [6, 6.07) is 0. The highest BCUT2D eigenvalue weighted by Gasteiger charge is 2.33. The van der Waals surface area contributed by atoms with Gasteiger partial charge < -0.3 is 10.6 Å². The third kappa shape index (κ3) is 3.76. The molecular weight excluding hydrogens is 184 g/mol. The number of likely N-dealkylation sites (tertiary alicyclic amines) is 1. The molecule has 0 bridgehead atoms. The van der Waals surface area contributed by atoms with Crippen LogP contribution in [0.3, 0.4) is 0 Å². The Balaban J connectivity index is 2.43. The largest absolute Gasteiger partial charge is 0.324 e. The van der Waals surface area contributed by atoms with E-state index in [4.69, 9.17) is 5.73 Å². The third-order valence-corrected chi connectivity index (χ3v) is 4.02. The van der Waals surface area contributed by atoms with E-state index in [2.05, 4.69) is 39.5 Å². The van der Waals surface area contributed by atoms with Gasteiger partial charge in [-0.25, -0.2) is 0 Å². The fraction of sp³-hybridized carbons (Fsp3) is 1.00. The van der Waals surface area contributed by atoms with Crippen LogP contribution in [0.15, 0.2) is 0 Å². The van der Waals surface area contributed by atoms with Gasteiger partial charge in [-0.05, 0) is 51.1 Å². The van der Waals surface area contributed by atoms with Gasteiger partial charge in [0, 0.05) is 12.1 Å². The van der Waals surface area contributed by atoms with Crippen LogP contribution in [0.1, 0.15) is 47.5 Å². The van der Waals surface area contributed by atoms with Crippen LogP contribution in [0.25, 0.3) is 0 Å². The Morgan fingerprint density at radius 1 is 1.27 bits per heavy atom. The van der Waals surface area contributed by atoms with Crippen molar-refractivity contribution in [3.63, 3.8) is 0 Å². The number of nitrogens with zero attached hydrogens (tertiary/aromatic N) is 1. The average molecular weight is 212 g/mol. The van der Waals surface area contributed by atoms with Gasteiger partial charge in [-0.15, -0.1) is 0 Å². The molecular formula is C13H28N2. The lowest BCUT2D eigenvalue weighted by molar-refractivity contribution is 0.0684. The van der Waals surface area contributed by atoms with E-state index in [1.807, 2.05) is 0 Å². The molecule has 0 aromatic rings. The highest BCUT2D eigenvalue weighted by atomic mass is 15.1. The number of piperidine rings is 1. The summed E-state index contributed by atoms with van der Waals surface area (Å²) in [6.07, 6.45) is 2.64. The van der Waals surface area contributed by atoms with Crippen molar-refractivity contribution >= 4 is 0 Å². The van der Waals surface area contributed by atoms with E-state index in [0.29, 0.717) is 5.41 Å². The molecule has 0 aliphatic carbocycles. The van der Waals surface area contributed by atoms with Gasteiger partial charge in [-0.3, -0.25) is 0 Å². The number of hydrogen-bond acceptors (Lipinski definition) is 2. The molecule has 2 N–H and O–H groups in total. The fourth-order valence-corrected chi connectivity index (χ4v) is 2.38. The molecule has 1 saturated heterocycles. The molecule has 1 heterocycles. The minimum Gasteiger partial charge on any atom is -0.324 e. The third-order valence-electron chi connectivity index (χ3n) is 4.02. The second kappa shape index (κ2) is 4.42. The van der Waals surface area contributed by atoms with Gasteiger partial charge in [-0.2, -0.15) is 0 Å². The maximum Gasteiger partial charge on any atom is 0.0226 e. The molecule has 1 aliphatic heterocycles. The summed E-state index contributed by atoms with van der Waals surface area (Å²) >= 11 is 0. The lowest BCUT2D eigenvalue weighted by Gasteiger charge is -2.43. The summed E-state index contributed by atoms with van der Waals surface area (Å²) in [6.45, 7) is 14.8. The Kier molecular flexibility index (Phi) is 3.83. The predicted octanol–water partition coefficient (Wildman–Crippen LogP) is 2.48. The molecule has 0 aromatic heterocycles. The van der Waals surface area contributed by atoms with E-state index < -0.39 is 0 Å². The normalized spacial score (nSPS) is 23.4. The summed E-state index contributed by atoms with van der Waals surface area (Å²) in [4.78, 5) is 2.52. The molecule has 0 radical (unpaired) electrons. The summed E-state index contributed by atoms with van der Waals surface area (Å²) in [5.41, 5.74) is 6.55. The molecule has 0 unspecified atom stereocenters. The van der Waals surface area contributed by atoms with Crippen molar-refractivity contribution in [2.24, 2.45) is 17.1 Å². The summed E-state index contributed by atoms with van der Waals surface area (Å²) in [5.74, 6) is 0.797. The first-order valence-corrected chi connectivity index (χ1v) is 6.24. The first-order valence-electron chi connectivity index (χ1n) is 6.24. The van der Waals surface area contributed by atoms with Crippen LogP contribution in [-0.2, 0) is 0 Å². The van der Waals surface area contributed by atoms with Gasteiger partial charge in [0.15, 0.2) is 0 Å². The molecule has 2 heteroatoms. The number of rotatable bonds is 3. The molecule has 0 spiro atoms. The second-order valence-electron chi connectivity index (χ2n) is 6.57. The van der Waals surface area contributed by atoms with Crippen LogP contribution in [0.2, 0.25) is 0 Å². The average Bonchev–Trinajstić information content (AvgIpc) is 2.07. The van der Waals surface area contributed by atoms with Crippen LogP contribution >= 0.6 is 0 Å². The first-order chi connectivity index (χ1) is 6.73. The Labute approximate surface area is 95.2 Å². The zero-order valence-corrected chi connectivity index (χ0v) is 11.1. The van der Waals surface area contributed by atoms with E-state index >= 15 is 0 Å². The lowest BCUT2D eigenvalue weighted by Crippen LogP contribution is -2.50. The van der Waals surface area contributed by atoms with Gasteiger partial charge in [0.2, 0.25) is 0 Å². The van der Waals surface area contributed by atoms with Gasteiger partial charge >= 0.3 is 0 Å². The van der Waals surface area contributed by atoms with Crippen LogP contribution in [-0.4, -0.2) is 30.1 Å². The zero-order chi connectivity index (χ0) is 11.7. The van der Waals surface area contributed by atoms with Crippen molar-refractivity contribution < 1.29 is 0 Å². The van der Waals surface area contributed by atoms with Crippen molar-refractivity contribution in [3.8, 4) is 0 Å². The van der Waals surface area contributed by atoms with Crippen molar-refractivity contribution in [2.45, 2.75) is 53.0 Å². The quantitative estimate of drug-likeness (QED) is 0.779. The molecule has 0 amide bonds. The monoisotopic (exact) mass is 212 g/mol. The smallest absolute Gasteiger partial charge is 0.0226 e. The lowest BCUT2D eigenvalue weighted by atomic mass is 9.72. The minimum absolute atomic E-state index is 0.0500. The van der Waals surface area contributed by atoms with Crippen LogP contribution in [0.4, 0.5) is 0 Å². The fourth-order valence-electron chi connectivity index (χ4n) is 2.38. The molecule has 90 valence electrons. The summed E-state index contributed by atoms with van der Waals surface area (Å²) in [7, 11) is 0. The Morgan fingerprint density at radius 2 is 1.73 bits per heavy atom. The van der Waals surface area contributed by atoms with Crippen LogP contribution in [0, 0.1) is 11.3 Å². The molecule has 1 aliphatic rings. The summed E-state index contributed by atoms with van der Waals surface area (Å²) < 4.78 is 0. The number of hydrogen-bond donors (Lipinski definition) is 1. The van der Waals surface area contributed by atoms with Crippen molar-refractivity contribution in [1.82, 2.24) is 4.90 Å². The highest BCUT2D eigenvalue weighted by molar-refractivity contribution is 4.87. The Bertz CT molecular complexity index is 195. The number of nitrogens with two attached hydrogens (primary N) is 1.